The van der Waals surface area contributed by atoms with Crippen LogP contribution in [-0.2, 0) is 0 Å². The van der Waals surface area contributed by atoms with Crippen LogP contribution in [0.4, 0.5) is 15.8 Å². The number of nitrogen functional groups attached to an aromatic ring is 1. The Labute approximate surface area is 91.0 Å². The lowest BCUT2D eigenvalue weighted by atomic mass is 10.0. The molecule has 1 aliphatic rings. The van der Waals surface area contributed by atoms with Crippen LogP contribution in [0.25, 0.3) is 0 Å². The van der Waals surface area contributed by atoms with Gasteiger partial charge in [-0.1, -0.05) is 6.92 Å². The number of nitrogens with zero attached hydrogens (tertiary/aromatic N) is 1. The summed E-state index contributed by atoms with van der Waals surface area (Å²) in [6.07, 6.45) is 0. The Morgan fingerprint density at radius 2 is 2.14 bits per heavy atom. The molecule has 2 N–H and O–H groups in total. The van der Waals surface area contributed by atoms with E-state index in [2.05, 4.69) is 27.8 Å². The molecule has 76 valence electrons. The molecule has 0 aromatic heterocycles. The van der Waals surface area contributed by atoms with Crippen molar-refractivity contribution in [2.45, 2.75) is 6.92 Å². The maximum absolute atomic E-state index is 12.9. The molecule has 0 amide bonds. The van der Waals surface area contributed by atoms with Crippen molar-refractivity contribution in [2.75, 3.05) is 23.7 Å². The molecule has 1 fully saturated rings. The summed E-state index contributed by atoms with van der Waals surface area (Å²) < 4.78 is 13.7. The molecule has 0 unspecified atom stereocenters. The largest absolute Gasteiger partial charge is 0.397 e. The Morgan fingerprint density at radius 3 is 2.64 bits per heavy atom. The van der Waals surface area contributed by atoms with Crippen LogP contribution in [0.2, 0.25) is 0 Å². The molecule has 0 spiro atoms. The fraction of sp³-hybridized carbons (Fsp3) is 0.400. The molecule has 1 heterocycles. The van der Waals surface area contributed by atoms with E-state index in [1.54, 1.807) is 0 Å². The Kier molecular flexibility index (Phi) is 2.39. The molecule has 1 saturated heterocycles. The zero-order chi connectivity index (χ0) is 10.3. The quantitative estimate of drug-likeness (QED) is 0.785. The summed E-state index contributed by atoms with van der Waals surface area (Å²) in [5.74, 6) is 0.401. The van der Waals surface area contributed by atoms with E-state index in [9.17, 15) is 4.39 Å². The standard InChI is InChI=1S/C10H12BrFN2/c1-6-4-14(5-6)10-8(11)2-7(12)3-9(10)13/h2-3,6H,4-5,13H2,1H3. The lowest BCUT2D eigenvalue weighted by Gasteiger charge is -2.40. The molecule has 1 aromatic carbocycles. The van der Waals surface area contributed by atoms with Crippen molar-refractivity contribution in [3.05, 3.63) is 22.4 Å². The first-order chi connectivity index (χ1) is 6.58. The van der Waals surface area contributed by atoms with E-state index in [1.807, 2.05) is 0 Å². The summed E-state index contributed by atoms with van der Waals surface area (Å²) in [5.41, 5.74) is 7.19. The molecule has 2 rings (SSSR count). The molecule has 14 heavy (non-hydrogen) atoms. The Hall–Kier alpha value is -0.770. The maximum atomic E-state index is 12.9. The number of benzene rings is 1. The van der Waals surface area contributed by atoms with Crippen molar-refractivity contribution in [1.29, 1.82) is 0 Å². The number of hydrogen-bond acceptors (Lipinski definition) is 2. The van der Waals surface area contributed by atoms with Crippen LogP contribution in [0.3, 0.4) is 0 Å². The van der Waals surface area contributed by atoms with Gasteiger partial charge in [-0.2, -0.15) is 0 Å². The van der Waals surface area contributed by atoms with Crippen molar-refractivity contribution < 1.29 is 4.39 Å². The van der Waals surface area contributed by atoms with Crippen LogP contribution in [0, 0.1) is 11.7 Å². The molecular weight excluding hydrogens is 247 g/mol. The first kappa shape index (κ1) is 9.77. The van der Waals surface area contributed by atoms with E-state index in [-0.39, 0.29) is 5.82 Å². The van der Waals surface area contributed by atoms with Gasteiger partial charge in [-0.15, -0.1) is 0 Å². The van der Waals surface area contributed by atoms with Gasteiger partial charge in [0.05, 0.1) is 11.4 Å². The van der Waals surface area contributed by atoms with Gasteiger partial charge in [0.25, 0.3) is 0 Å². The third-order valence-corrected chi connectivity index (χ3v) is 3.04. The van der Waals surface area contributed by atoms with E-state index in [1.165, 1.54) is 12.1 Å². The number of rotatable bonds is 1. The first-order valence-electron chi connectivity index (χ1n) is 4.57. The van der Waals surface area contributed by atoms with Crippen molar-refractivity contribution in [2.24, 2.45) is 5.92 Å². The lowest BCUT2D eigenvalue weighted by molar-refractivity contribution is 0.447. The summed E-state index contributed by atoms with van der Waals surface area (Å²) in [4.78, 5) is 2.16. The van der Waals surface area contributed by atoms with Crippen LogP contribution in [0.15, 0.2) is 16.6 Å². The van der Waals surface area contributed by atoms with Gasteiger partial charge in [-0.25, -0.2) is 4.39 Å². The Balaban J connectivity index is 2.33. The second-order valence-corrected chi connectivity index (χ2v) is 4.69. The smallest absolute Gasteiger partial charge is 0.126 e. The maximum Gasteiger partial charge on any atom is 0.126 e. The predicted molar refractivity (Wildman–Crippen MR) is 59.9 cm³/mol. The SMILES string of the molecule is CC1CN(c2c(N)cc(F)cc2Br)C1. The van der Waals surface area contributed by atoms with E-state index < -0.39 is 0 Å². The second-order valence-electron chi connectivity index (χ2n) is 3.84. The molecule has 0 bridgehead atoms. The van der Waals surface area contributed by atoms with E-state index in [0.29, 0.717) is 11.6 Å². The molecule has 1 aromatic rings. The normalized spacial score (nSPS) is 16.9. The molecule has 0 radical (unpaired) electrons. The van der Waals surface area contributed by atoms with Crippen molar-refractivity contribution in [3.8, 4) is 0 Å². The highest BCUT2D eigenvalue weighted by atomic mass is 79.9. The molecule has 0 aliphatic carbocycles. The van der Waals surface area contributed by atoms with E-state index in [0.717, 1.165) is 23.2 Å². The van der Waals surface area contributed by atoms with Gasteiger partial charge in [-0.3, -0.25) is 0 Å². The van der Waals surface area contributed by atoms with Crippen LogP contribution < -0.4 is 10.6 Å². The third-order valence-electron chi connectivity index (χ3n) is 2.44. The van der Waals surface area contributed by atoms with Gasteiger partial charge in [0.1, 0.15) is 5.82 Å². The van der Waals surface area contributed by atoms with Crippen molar-refractivity contribution in [1.82, 2.24) is 0 Å². The van der Waals surface area contributed by atoms with Crippen molar-refractivity contribution in [3.63, 3.8) is 0 Å². The summed E-state index contributed by atoms with van der Waals surface area (Å²) in [6.45, 7) is 4.17. The minimum absolute atomic E-state index is 0.299. The topological polar surface area (TPSA) is 29.3 Å². The Bertz CT molecular complexity index is 338. The van der Waals surface area contributed by atoms with E-state index in [4.69, 9.17) is 5.73 Å². The molecule has 0 saturated carbocycles. The minimum atomic E-state index is -0.299. The van der Waals surface area contributed by atoms with Crippen molar-refractivity contribution >= 4 is 27.3 Å². The second kappa shape index (κ2) is 3.42. The molecule has 4 heteroatoms. The number of hydrogen-bond donors (Lipinski definition) is 1. The monoisotopic (exact) mass is 258 g/mol. The average Bonchev–Trinajstić information content (AvgIpc) is 1.99. The zero-order valence-corrected chi connectivity index (χ0v) is 9.51. The van der Waals surface area contributed by atoms with Gasteiger partial charge >= 0.3 is 0 Å². The van der Waals surface area contributed by atoms with Gasteiger partial charge < -0.3 is 10.6 Å². The third kappa shape index (κ3) is 1.59. The molecule has 0 atom stereocenters. The van der Waals surface area contributed by atoms with Gasteiger partial charge in [0, 0.05) is 17.6 Å². The summed E-state index contributed by atoms with van der Waals surface area (Å²) >= 11 is 3.33. The van der Waals surface area contributed by atoms with Gasteiger partial charge in [-0.05, 0) is 34.0 Å². The number of anilines is 2. The van der Waals surface area contributed by atoms with Gasteiger partial charge in [0.15, 0.2) is 0 Å². The summed E-state index contributed by atoms with van der Waals surface area (Å²) in [5, 5.41) is 0. The highest BCUT2D eigenvalue weighted by Gasteiger charge is 2.26. The fourth-order valence-corrected chi connectivity index (χ4v) is 2.50. The molecule has 2 nitrogen and oxygen atoms in total. The summed E-state index contributed by atoms with van der Waals surface area (Å²) in [6, 6.07) is 2.82. The van der Waals surface area contributed by atoms with Crippen LogP contribution in [0.1, 0.15) is 6.92 Å². The predicted octanol–water partition coefficient (Wildman–Crippen LogP) is 2.63. The zero-order valence-electron chi connectivity index (χ0n) is 7.93. The number of nitrogens with two attached hydrogens (primary N) is 1. The number of halogens is 2. The van der Waals surface area contributed by atoms with E-state index >= 15 is 0 Å². The lowest BCUT2D eigenvalue weighted by Crippen LogP contribution is -2.45. The van der Waals surface area contributed by atoms with Crippen LogP contribution in [0.5, 0.6) is 0 Å². The highest BCUT2D eigenvalue weighted by molar-refractivity contribution is 9.10. The molecular formula is C10H12BrFN2. The average molecular weight is 259 g/mol. The molecule has 1 aliphatic heterocycles. The summed E-state index contributed by atoms with van der Waals surface area (Å²) in [7, 11) is 0. The highest BCUT2D eigenvalue weighted by Crippen LogP contribution is 2.37. The van der Waals surface area contributed by atoms with Gasteiger partial charge in [0.2, 0.25) is 0 Å². The first-order valence-corrected chi connectivity index (χ1v) is 5.36. The van der Waals surface area contributed by atoms with Crippen LogP contribution in [-0.4, -0.2) is 13.1 Å². The van der Waals surface area contributed by atoms with Crippen LogP contribution >= 0.6 is 15.9 Å². The Morgan fingerprint density at radius 1 is 1.50 bits per heavy atom. The fourth-order valence-electron chi connectivity index (χ4n) is 1.80. The minimum Gasteiger partial charge on any atom is -0.397 e.